The molecule has 62 valence electrons. The Hall–Kier alpha value is -0.460. The minimum atomic E-state index is -0.389. The van der Waals surface area contributed by atoms with Gasteiger partial charge in [-0.2, -0.15) is 0 Å². The van der Waals surface area contributed by atoms with Crippen LogP contribution in [0.3, 0.4) is 0 Å². The molecule has 0 saturated carbocycles. The summed E-state index contributed by atoms with van der Waals surface area (Å²) in [6.45, 7) is 3.88. The van der Waals surface area contributed by atoms with Gasteiger partial charge in [0.15, 0.2) is 0 Å². The van der Waals surface area contributed by atoms with Crippen molar-refractivity contribution in [3.63, 3.8) is 0 Å². The number of nitrogens with zero attached hydrogens (tertiary/aromatic N) is 1. The van der Waals surface area contributed by atoms with Crippen LogP contribution in [0.2, 0.25) is 0 Å². The molecule has 0 aromatic rings. The maximum absolute atomic E-state index is 10.4. The van der Waals surface area contributed by atoms with E-state index in [1.807, 2.05) is 32.8 Å². The minimum absolute atomic E-state index is 0.265. The zero-order chi connectivity index (χ0) is 9.07. The van der Waals surface area contributed by atoms with Gasteiger partial charge in [-0.05, 0) is 33.9 Å². The largest absolute Gasteiger partial charge is 0.294 e. The van der Waals surface area contributed by atoms with E-state index in [0.717, 1.165) is 0 Å². The first-order valence-corrected chi connectivity index (χ1v) is 3.74. The van der Waals surface area contributed by atoms with E-state index in [2.05, 4.69) is 24.5 Å². The van der Waals surface area contributed by atoms with Crippen LogP contribution in [0.1, 0.15) is 13.8 Å². The van der Waals surface area contributed by atoms with Crippen molar-refractivity contribution in [1.82, 2.24) is 4.90 Å². The maximum atomic E-state index is 10.4. The summed E-state index contributed by atoms with van der Waals surface area (Å²) in [5.74, 6) is 5.21. The molecule has 0 unspecified atom stereocenters. The topological polar surface area (TPSA) is 20.3 Å². The number of carbonyl (C=O) groups is 1. The van der Waals surface area contributed by atoms with Crippen molar-refractivity contribution >= 4 is 17.7 Å². The van der Waals surface area contributed by atoms with Gasteiger partial charge in [0, 0.05) is 0 Å². The lowest BCUT2D eigenvalue weighted by molar-refractivity contribution is -0.106. The smallest absolute Gasteiger partial charge is 0.259 e. The normalized spacial score (nSPS) is 10.7. The van der Waals surface area contributed by atoms with Gasteiger partial charge in [0.25, 0.3) is 5.12 Å². The van der Waals surface area contributed by atoms with Gasteiger partial charge in [-0.25, -0.2) is 0 Å². The second kappa shape index (κ2) is 3.80. The Bertz CT molecular complexity index is 210. The van der Waals surface area contributed by atoms with E-state index in [1.165, 1.54) is 0 Å². The second-order valence-electron chi connectivity index (χ2n) is 3.01. The van der Waals surface area contributed by atoms with Crippen LogP contribution in [0.4, 0.5) is 0 Å². The molecular formula is C8H13NOS. The first-order chi connectivity index (χ1) is 4.86. The van der Waals surface area contributed by atoms with Crippen LogP contribution < -0.4 is 0 Å². The number of hydrogen-bond donors (Lipinski definition) is 1. The summed E-state index contributed by atoms with van der Waals surface area (Å²) in [6.07, 6.45) is 0. The van der Waals surface area contributed by atoms with E-state index in [1.54, 1.807) is 0 Å². The highest BCUT2D eigenvalue weighted by atomic mass is 32.1. The Morgan fingerprint density at radius 2 is 1.91 bits per heavy atom. The highest BCUT2D eigenvalue weighted by molar-refractivity contribution is 7.97. The van der Waals surface area contributed by atoms with Gasteiger partial charge < -0.3 is 0 Å². The zero-order valence-electron chi connectivity index (χ0n) is 7.30. The fraction of sp³-hybridized carbons (Fsp3) is 0.625. The van der Waals surface area contributed by atoms with Crippen molar-refractivity contribution in [3.05, 3.63) is 0 Å². The Labute approximate surface area is 73.4 Å². The van der Waals surface area contributed by atoms with Crippen LogP contribution in [0.15, 0.2) is 0 Å². The Kier molecular flexibility index (Phi) is 3.64. The fourth-order valence-electron chi connectivity index (χ4n) is 0.318. The van der Waals surface area contributed by atoms with Crippen molar-refractivity contribution in [2.45, 2.75) is 19.4 Å². The van der Waals surface area contributed by atoms with Crippen LogP contribution >= 0.6 is 12.6 Å². The lowest BCUT2D eigenvalue weighted by Gasteiger charge is -2.26. The second-order valence-corrected chi connectivity index (χ2v) is 3.41. The van der Waals surface area contributed by atoms with Crippen molar-refractivity contribution in [3.8, 4) is 11.8 Å². The number of rotatable bonds is 1. The molecular weight excluding hydrogens is 158 g/mol. The maximum Gasteiger partial charge on any atom is 0.259 e. The van der Waals surface area contributed by atoms with E-state index >= 15 is 0 Å². The third-order valence-electron chi connectivity index (χ3n) is 1.59. The van der Waals surface area contributed by atoms with Crippen LogP contribution in [-0.2, 0) is 4.79 Å². The van der Waals surface area contributed by atoms with E-state index < -0.39 is 0 Å². The van der Waals surface area contributed by atoms with Gasteiger partial charge in [-0.15, -0.1) is 0 Å². The number of carbonyl (C=O) groups excluding carboxylic acids is 1. The van der Waals surface area contributed by atoms with Crippen molar-refractivity contribution in [1.29, 1.82) is 0 Å². The van der Waals surface area contributed by atoms with Crippen LogP contribution in [0, 0.1) is 11.8 Å². The summed E-state index contributed by atoms with van der Waals surface area (Å²) < 4.78 is 0. The highest BCUT2D eigenvalue weighted by Gasteiger charge is 2.16. The molecule has 0 saturated heterocycles. The summed E-state index contributed by atoms with van der Waals surface area (Å²) in [4.78, 5) is 12.3. The summed E-state index contributed by atoms with van der Waals surface area (Å²) in [7, 11) is 3.83. The fourth-order valence-corrected chi connectivity index (χ4v) is 0.374. The van der Waals surface area contributed by atoms with E-state index in [0.29, 0.717) is 0 Å². The first kappa shape index (κ1) is 10.5. The van der Waals surface area contributed by atoms with Crippen LogP contribution in [0.25, 0.3) is 0 Å². The SMILES string of the molecule is CN(C)C(C)(C)C#CC(=O)S. The van der Waals surface area contributed by atoms with Crippen molar-refractivity contribution < 1.29 is 4.79 Å². The van der Waals surface area contributed by atoms with Gasteiger partial charge >= 0.3 is 0 Å². The van der Waals surface area contributed by atoms with Crippen LogP contribution in [0.5, 0.6) is 0 Å². The molecule has 2 nitrogen and oxygen atoms in total. The highest BCUT2D eigenvalue weighted by Crippen LogP contribution is 2.06. The average Bonchev–Trinajstić information content (AvgIpc) is 1.84. The first-order valence-electron chi connectivity index (χ1n) is 3.30. The standard InChI is InChI=1S/C8H13NOS/c1-8(2,9(3)4)6-5-7(10)11/h1-4H3,(H,10,11). The third kappa shape index (κ3) is 4.07. The van der Waals surface area contributed by atoms with Gasteiger partial charge in [-0.3, -0.25) is 9.69 Å². The Morgan fingerprint density at radius 1 is 1.45 bits per heavy atom. The lowest BCUT2D eigenvalue weighted by Crippen LogP contribution is -2.36. The van der Waals surface area contributed by atoms with Crippen molar-refractivity contribution in [2.24, 2.45) is 0 Å². The molecule has 0 aliphatic rings. The van der Waals surface area contributed by atoms with Crippen molar-refractivity contribution in [2.75, 3.05) is 14.1 Å². The van der Waals surface area contributed by atoms with Gasteiger partial charge in [0.1, 0.15) is 0 Å². The average molecular weight is 171 g/mol. The molecule has 0 radical (unpaired) electrons. The van der Waals surface area contributed by atoms with Gasteiger partial charge in [0.2, 0.25) is 0 Å². The molecule has 3 heteroatoms. The number of thiol groups is 1. The molecule has 0 rings (SSSR count). The monoisotopic (exact) mass is 171 g/mol. The molecule has 11 heavy (non-hydrogen) atoms. The molecule has 0 N–H and O–H groups in total. The Morgan fingerprint density at radius 3 is 2.18 bits per heavy atom. The van der Waals surface area contributed by atoms with E-state index in [4.69, 9.17) is 0 Å². The molecule has 0 heterocycles. The molecule has 0 spiro atoms. The molecule has 0 aromatic heterocycles. The molecule has 0 aliphatic carbocycles. The predicted octanol–water partition coefficient (Wildman–Crippen LogP) is 0.786. The number of hydrogen-bond acceptors (Lipinski definition) is 2. The summed E-state index contributed by atoms with van der Waals surface area (Å²) >= 11 is 3.55. The third-order valence-corrected chi connectivity index (χ3v) is 1.71. The van der Waals surface area contributed by atoms with E-state index in [9.17, 15) is 4.79 Å². The zero-order valence-corrected chi connectivity index (χ0v) is 8.20. The quantitative estimate of drug-likeness (QED) is 0.465. The van der Waals surface area contributed by atoms with E-state index in [-0.39, 0.29) is 10.7 Å². The molecule has 0 amide bonds. The summed E-state index contributed by atoms with van der Waals surface area (Å²) in [6, 6.07) is 0. The van der Waals surface area contributed by atoms with Crippen LogP contribution in [-0.4, -0.2) is 29.6 Å². The minimum Gasteiger partial charge on any atom is -0.294 e. The summed E-state index contributed by atoms with van der Waals surface area (Å²) in [5.41, 5.74) is -0.265. The molecule has 0 bridgehead atoms. The molecule has 0 aliphatic heterocycles. The summed E-state index contributed by atoms with van der Waals surface area (Å²) in [5, 5.41) is -0.389. The lowest BCUT2D eigenvalue weighted by atomic mass is 10.1. The Balaban J connectivity index is 4.38. The van der Waals surface area contributed by atoms with Gasteiger partial charge in [0.05, 0.1) is 5.54 Å². The van der Waals surface area contributed by atoms with Gasteiger partial charge in [-0.1, -0.05) is 18.5 Å². The molecule has 0 aromatic carbocycles. The molecule has 0 fully saturated rings. The predicted molar refractivity (Wildman–Crippen MR) is 49.5 cm³/mol. The molecule has 0 atom stereocenters.